The molecule has 5 heteroatoms. The van der Waals surface area contributed by atoms with Gasteiger partial charge in [-0.3, -0.25) is 9.59 Å². The lowest BCUT2D eigenvalue weighted by molar-refractivity contribution is -0.138. The predicted molar refractivity (Wildman–Crippen MR) is 57.0 cm³/mol. The van der Waals surface area contributed by atoms with Crippen molar-refractivity contribution < 1.29 is 9.59 Å². The summed E-state index contributed by atoms with van der Waals surface area (Å²) in [5, 5.41) is 2.74. The Bertz CT molecular complexity index is 255. The first kappa shape index (κ1) is 12.0. The molecule has 1 aliphatic heterocycles. The summed E-state index contributed by atoms with van der Waals surface area (Å²) in [7, 11) is 1.76. The zero-order valence-corrected chi connectivity index (χ0v) is 9.32. The molecule has 86 valence electrons. The van der Waals surface area contributed by atoms with Crippen LogP contribution < -0.4 is 11.1 Å². The first-order chi connectivity index (χ1) is 7.06. The van der Waals surface area contributed by atoms with Crippen LogP contribution in [0.25, 0.3) is 0 Å². The number of nitrogens with two attached hydrogens (primary N) is 1. The van der Waals surface area contributed by atoms with Crippen molar-refractivity contribution in [3.05, 3.63) is 0 Å². The fourth-order valence-corrected chi connectivity index (χ4v) is 1.59. The maximum atomic E-state index is 11.7. The van der Waals surface area contributed by atoms with E-state index < -0.39 is 0 Å². The first-order valence-electron chi connectivity index (χ1n) is 5.31. The third-order valence-electron chi connectivity index (χ3n) is 2.78. The molecule has 0 aromatic rings. The lowest BCUT2D eigenvalue weighted by Crippen LogP contribution is -2.52. The number of carbonyl (C=O) groups is 2. The summed E-state index contributed by atoms with van der Waals surface area (Å²) < 4.78 is 0. The van der Waals surface area contributed by atoms with Crippen LogP contribution in [0.1, 0.15) is 19.8 Å². The van der Waals surface area contributed by atoms with Crippen LogP contribution in [0.15, 0.2) is 0 Å². The molecule has 2 amide bonds. The Kier molecular flexibility index (Phi) is 4.08. The molecule has 0 aromatic heterocycles. The molecule has 2 unspecified atom stereocenters. The van der Waals surface area contributed by atoms with Gasteiger partial charge in [0.05, 0.1) is 0 Å². The number of likely N-dealkylation sites (N-methyl/N-ethyl adjacent to an activating group) is 1. The topological polar surface area (TPSA) is 75.4 Å². The number of amides is 2. The Balaban J connectivity index is 2.50. The molecule has 1 fully saturated rings. The standard InChI is InChI=1S/C10H19N3O2/c1-7(6-11)9(14)12-8-4-3-5-13(2)10(8)15/h7-8H,3-6,11H2,1-2H3,(H,12,14). The van der Waals surface area contributed by atoms with Gasteiger partial charge in [-0.1, -0.05) is 6.92 Å². The summed E-state index contributed by atoms with van der Waals surface area (Å²) in [4.78, 5) is 24.8. The van der Waals surface area contributed by atoms with Crippen molar-refractivity contribution in [1.29, 1.82) is 0 Å². The maximum absolute atomic E-state index is 11.7. The Morgan fingerprint density at radius 3 is 3.00 bits per heavy atom. The zero-order chi connectivity index (χ0) is 11.4. The summed E-state index contributed by atoms with van der Waals surface area (Å²) in [6.07, 6.45) is 1.66. The van der Waals surface area contributed by atoms with Gasteiger partial charge in [0.1, 0.15) is 6.04 Å². The van der Waals surface area contributed by atoms with Crippen molar-refractivity contribution in [3.8, 4) is 0 Å². The van der Waals surface area contributed by atoms with Crippen molar-refractivity contribution in [1.82, 2.24) is 10.2 Å². The molecule has 0 saturated carbocycles. The molecule has 5 nitrogen and oxygen atoms in total. The number of rotatable bonds is 3. The fourth-order valence-electron chi connectivity index (χ4n) is 1.59. The van der Waals surface area contributed by atoms with Gasteiger partial charge in [-0.05, 0) is 12.8 Å². The SMILES string of the molecule is CC(CN)C(=O)NC1CCCN(C)C1=O. The van der Waals surface area contributed by atoms with Gasteiger partial charge >= 0.3 is 0 Å². The molecule has 0 bridgehead atoms. The van der Waals surface area contributed by atoms with E-state index >= 15 is 0 Å². The number of nitrogens with zero attached hydrogens (tertiary/aromatic N) is 1. The molecule has 0 spiro atoms. The molecule has 1 rings (SSSR count). The Morgan fingerprint density at radius 1 is 1.73 bits per heavy atom. The van der Waals surface area contributed by atoms with Gasteiger partial charge in [-0.15, -0.1) is 0 Å². The van der Waals surface area contributed by atoms with Crippen molar-refractivity contribution in [2.24, 2.45) is 11.7 Å². The van der Waals surface area contributed by atoms with Crippen LogP contribution in [0.5, 0.6) is 0 Å². The van der Waals surface area contributed by atoms with E-state index in [1.165, 1.54) is 0 Å². The van der Waals surface area contributed by atoms with Crippen molar-refractivity contribution in [2.45, 2.75) is 25.8 Å². The minimum absolute atomic E-state index is 0.00109. The number of piperidine rings is 1. The molecule has 15 heavy (non-hydrogen) atoms. The predicted octanol–water partition coefficient (Wildman–Crippen LogP) is -0.682. The molecule has 1 aliphatic rings. The average molecular weight is 213 g/mol. The van der Waals surface area contributed by atoms with Crippen molar-refractivity contribution >= 4 is 11.8 Å². The summed E-state index contributed by atoms with van der Waals surface area (Å²) in [6.45, 7) is 2.84. The lowest BCUT2D eigenvalue weighted by atomic mass is 10.0. The van der Waals surface area contributed by atoms with E-state index in [0.717, 1.165) is 19.4 Å². The second kappa shape index (κ2) is 5.11. The van der Waals surface area contributed by atoms with Crippen LogP contribution in [-0.2, 0) is 9.59 Å². The molecule has 0 aliphatic carbocycles. The zero-order valence-electron chi connectivity index (χ0n) is 9.32. The second-order valence-electron chi connectivity index (χ2n) is 4.10. The monoisotopic (exact) mass is 213 g/mol. The number of hydrogen-bond donors (Lipinski definition) is 2. The minimum atomic E-state index is -0.356. The number of carbonyl (C=O) groups excluding carboxylic acids is 2. The molecular weight excluding hydrogens is 194 g/mol. The smallest absolute Gasteiger partial charge is 0.244 e. The van der Waals surface area contributed by atoms with Gasteiger partial charge in [-0.25, -0.2) is 0 Å². The van der Waals surface area contributed by atoms with E-state index in [9.17, 15) is 9.59 Å². The van der Waals surface area contributed by atoms with E-state index in [2.05, 4.69) is 5.32 Å². The molecule has 3 N–H and O–H groups in total. The second-order valence-corrected chi connectivity index (χ2v) is 4.10. The number of hydrogen-bond acceptors (Lipinski definition) is 3. The Labute approximate surface area is 90.0 Å². The number of nitrogens with one attached hydrogen (secondary N) is 1. The quantitative estimate of drug-likeness (QED) is 0.652. The first-order valence-corrected chi connectivity index (χ1v) is 5.31. The van der Waals surface area contributed by atoms with E-state index in [1.807, 2.05) is 0 Å². The summed E-state index contributed by atoms with van der Waals surface area (Å²) in [5.41, 5.74) is 5.38. The molecule has 1 heterocycles. The third kappa shape index (κ3) is 2.92. The van der Waals surface area contributed by atoms with E-state index in [-0.39, 0.29) is 23.8 Å². The van der Waals surface area contributed by atoms with Crippen LogP contribution >= 0.6 is 0 Å². The normalized spacial score (nSPS) is 23.8. The summed E-state index contributed by atoms with van der Waals surface area (Å²) >= 11 is 0. The molecule has 2 atom stereocenters. The molecule has 0 radical (unpaired) electrons. The van der Waals surface area contributed by atoms with Gasteiger partial charge in [0.2, 0.25) is 11.8 Å². The molecular formula is C10H19N3O2. The van der Waals surface area contributed by atoms with Gasteiger partial charge in [-0.2, -0.15) is 0 Å². The Morgan fingerprint density at radius 2 is 2.40 bits per heavy atom. The fraction of sp³-hybridized carbons (Fsp3) is 0.800. The van der Waals surface area contributed by atoms with Gasteiger partial charge in [0.25, 0.3) is 0 Å². The number of likely N-dealkylation sites (tertiary alicyclic amines) is 1. The van der Waals surface area contributed by atoms with Crippen molar-refractivity contribution in [3.63, 3.8) is 0 Å². The molecule has 1 saturated heterocycles. The third-order valence-corrected chi connectivity index (χ3v) is 2.78. The summed E-state index contributed by atoms with van der Waals surface area (Å²) in [5.74, 6) is -0.366. The highest BCUT2D eigenvalue weighted by Crippen LogP contribution is 2.10. The summed E-state index contributed by atoms with van der Waals surface area (Å²) in [6, 6.07) is -0.356. The van der Waals surface area contributed by atoms with E-state index in [4.69, 9.17) is 5.73 Å². The van der Waals surface area contributed by atoms with Gasteiger partial charge in [0.15, 0.2) is 0 Å². The highest BCUT2D eigenvalue weighted by Gasteiger charge is 2.28. The van der Waals surface area contributed by atoms with Crippen LogP contribution in [0, 0.1) is 5.92 Å². The van der Waals surface area contributed by atoms with Crippen LogP contribution in [0.2, 0.25) is 0 Å². The highest BCUT2D eigenvalue weighted by molar-refractivity contribution is 5.88. The largest absolute Gasteiger partial charge is 0.344 e. The average Bonchev–Trinajstić information content (AvgIpc) is 2.23. The molecule has 0 aromatic carbocycles. The van der Waals surface area contributed by atoms with Gasteiger partial charge in [0, 0.05) is 26.1 Å². The maximum Gasteiger partial charge on any atom is 0.244 e. The van der Waals surface area contributed by atoms with E-state index in [0.29, 0.717) is 6.54 Å². The Hall–Kier alpha value is -1.10. The van der Waals surface area contributed by atoms with Crippen LogP contribution in [0.3, 0.4) is 0 Å². The van der Waals surface area contributed by atoms with E-state index in [1.54, 1.807) is 18.9 Å². The van der Waals surface area contributed by atoms with Crippen LogP contribution in [-0.4, -0.2) is 42.9 Å². The minimum Gasteiger partial charge on any atom is -0.344 e. The van der Waals surface area contributed by atoms with Gasteiger partial charge < -0.3 is 16.0 Å². The van der Waals surface area contributed by atoms with Crippen LogP contribution in [0.4, 0.5) is 0 Å². The van der Waals surface area contributed by atoms with Crippen molar-refractivity contribution in [2.75, 3.05) is 20.1 Å². The highest BCUT2D eigenvalue weighted by atomic mass is 16.2. The lowest BCUT2D eigenvalue weighted by Gasteiger charge is -2.30.